The Morgan fingerprint density at radius 1 is 1.04 bits per heavy atom. The zero-order valence-corrected chi connectivity index (χ0v) is 14.9. The van der Waals surface area contributed by atoms with Crippen LogP contribution in [0.25, 0.3) is 0 Å². The van der Waals surface area contributed by atoms with Gasteiger partial charge >= 0.3 is 11.8 Å². The first kappa shape index (κ1) is 18.4. The molecule has 1 heterocycles. The number of nitrogens with one attached hydrogen (secondary N) is 2. The van der Waals surface area contributed by atoms with Crippen molar-refractivity contribution in [3.8, 4) is 0 Å². The predicted molar refractivity (Wildman–Crippen MR) is 97.4 cm³/mol. The van der Waals surface area contributed by atoms with Crippen LogP contribution in [0.1, 0.15) is 26.3 Å². The van der Waals surface area contributed by atoms with Crippen LogP contribution in [-0.4, -0.2) is 22.4 Å². The van der Waals surface area contributed by atoms with E-state index in [4.69, 9.17) is 0 Å². The molecule has 2 N–H and O–H groups in total. The van der Waals surface area contributed by atoms with E-state index < -0.39 is 11.8 Å². The summed E-state index contributed by atoms with van der Waals surface area (Å²) < 4.78 is 1.33. The quantitative estimate of drug-likeness (QED) is 0.832. The van der Waals surface area contributed by atoms with Gasteiger partial charge in [-0.15, -0.1) is 0 Å². The Morgan fingerprint density at radius 2 is 1.68 bits per heavy atom. The summed E-state index contributed by atoms with van der Waals surface area (Å²) in [6.45, 7) is 5.84. The summed E-state index contributed by atoms with van der Waals surface area (Å²) in [6.07, 6.45) is 1.57. The van der Waals surface area contributed by atoms with Gasteiger partial charge in [0.15, 0.2) is 0 Å². The fourth-order valence-corrected chi connectivity index (χ4v) is 2.43. The monoisotopic (exact) mass is 341 g/mol. The number of amides is 2. The molecule has 2 amide bonds. The third kappa shape index (κ3) is 4.15. The van der Waals surface area contributed by atoms with Gasteiger partial charge in [0.2, 0.25) is 0 Å². The van der Waals surface area contributed by atoms with Crippen LogP contribution in [0.5, 0.6) is 0 Å². The molecule has 1 aromatic carbocycles. The minimum atomic E-state index is -0.862. The average Bonchev–Trinajstić information content (AvgIpc) is 2.59. The van der Waals surface area contributed by atoms with Gasteiger partial charge in [-0.2, -0.15) is 0 Å². The number of rotatable bonds is 4. The molecule has 0 aliphatic rings. The lowest BCUT2D eigenvalue weighted by Crippen LogP contribution is -2.49. The van der Waals surface area contributed by atoms with Crippen LogP contribution in [0.2, 0.25) is 0 Å². The van der Waals surface area contributed by atoms with E-state index >= 15 is 0 Å². The summed E-state index contributed by atoms with van der Waals surface area (Å²) in [6, 6.07) is 12.6. The first-order valence-electron chi connectivity index (χ1n) is 8.06. The van der Waals surface area contributed by atoms with E-state index in [1.54, 1.807) is 19.3 Å². The summed E-state index contributed by atoms with van der Waals surface area (Å²) in [5.74, 6) is -1.64. The lowest BCUT2D eigenvalue weighted by molar-refractivity contribution is -0.136. The normalized spacial score (nSPS) is 12.3. The van der Waals surface area contributed by atoms with Gasteiger partial charge in [-0.25, -0.2) is 0 Å². The molecular weight excluding hydrogens is 318 g/mol. The van der Waals surface area contributed by atoms with Crippen molar-refractivity contribution in [2.24, 2.45) is 7.05 Å². The number of aryl methyl sites for hydroxylation is 1. The molecule has 0 aliphatic heterocycles. The fourth-order valence-electron chi connectivity index (χ4n) is 2.43. The summed E-state index contributed by atoms with van der Waals surface area (Å²) in [4.78, 5) is 36.2. The highest BCUT2D eigenvalue weighted by Crippen LogP contribution is 2.26. The van der Waals surface area contributed by atoms with E-state index in [1.807, 2.05) is 51.1 Å². The van der Waals surface area contributed by atoms with Crippen molar-refractivity contribution < 1.29 is 9.59 Å². The van der Waals surface area contributed by atoms with Gasteiger partial charge in [0.05, 0.1) is 0 Å². The van der Waals surface area contributed by atoms with E-state index in [1.165, 1.54) is 10.6 Å². The van der Waals surface area contributed by atoms with Crippen molar-refractivity contribution >= 4 is 17.5 Å². The summed E-state index contributed by atoms with van der Waals surface area (Å²) in [7, 11) is 1.57. The van der Waals surface area contributed by atoms with Crippen molar-refractivity contribution in [1.82, 2.24) is 9.88 Å². The molecule has 0 bridgehead atoms. The van der Waals surface area contributed by atoms with Gasteiger partial charge in [-0.05, 0) is 24.6 Å². The Hall–Kier alpha value is -2.89. The van der Waals surface area contributed by atoms with Gasteiger partial charge in [-0.3, -0.25) is 14.4 Å². The van der Waals surface area contributed by atoms with Crippen LogP contribution in [0.4, 0.5) is 5.69 Å². The molecule has 1 atom stereocenters. The predicted octanol–water partition coefficient (Wildman–Crippen LogP) is 1.81. The first-order valence-corrected chi connectivity index (χ1v) is 8.06. The number of carbonyl (C=O) groups is 2. The zero-order chi connectivity index (χ0) is 18.6. The second-order valence-corrected chi connectivity index (χ2v) is 6.57. The van der Waals surface area contributed by atoms with Crippen molar-refractivity contribution in [1.29, 1.82) is 0 Å². The molecule has 132 valence electrons. The number of pyridine rings is 1. The zero-order valence-electron chi connectivity index (χ0n) is 14.9. The van der Waals surface area contributed by atoms with Gasteiger partial charge in [0.25, 0.3) is 5.56 Å². The lowest BCUT2D eigenvalue weighted by atomic mass is 9.78. The van der Waals surface area contributed by atoms with Crippen LogP contribution in [0, 0.1) is 0 Å². The minimum Gasteiger partial charge on any atom is -0.344 e. The lowest BCUT2D eigenvalue weighted by Gasteiger charge is -2.32. The third-order valence-electron chi connectivity index (χ3n) is 4.53. The Kier molecular flexibility index (Phi) is 5.41. The number of anilines is 1. The van der Waals surface area contributed by atoms with E-state index in [9.17, 15) is 14.4 Å². The molecule has 0 unspecified atom stereocenters. The van der Waals surface area contributed by atoms with Gasteiger partial charge in [0.1, 0.15) is 5.69 Å². The molecule has 25 heavy (non-hydrogen) atoms. The maximum atomic E-state index is 12.2. The third-order valence-corrected chi connectivity index (χ3v) is 4.53. The van der Waals surface area contributed by atoms with Crippen molar-refractivity contribution in [2.75, 3.05) is 5.32 Å². The van der Waals surface area contributed by atoms with Gasteiger partial charge in [-0.1, -0.05) is 44.2 Å². The number of hydrogen-bond donors (Lipinski definition) is 2. The van der Waals surface area contributed by atoms with E-state index in [-0.39, 0.29) is 22.7 Å². The number of hydrogen-bond acceptors (Lipinski definition) is 3. The van der Waals surface area contributed by atoms with Crippen LogP contribution >= 0.6 is 0 Å². The summed E-state index contributed by atoms with van der Waals surface area (Å²) >= 11 is 0. The van der Waals surface area contributed by atoms with Gasteiger partial charge < -0.3 is 15.2 Å². The first-order chi connectivity index (χ1) is 11.7. The standard InChI is InChI=1S/C19H23N3O3/c1-13(19(2,3)14-9-6-5-7-10-14)20-16(23)17(24)21-15-11-8-12-22(4)18(15)25/h5-13H,1-4H3,(H,20,23)(H,21,24)/t13-/m0/s1. The Morgan fingerprint density at radius 3 is 2.32 bits per heavy atom. The number of benzene rings is 1. The number of nitrogens with zero attached hydrogens (tertiary/aromatic N) is 1. The smallest absolute Gasteiger partial charge is 0.313 e. The topological polar surface area (TPSA) is 80.2 Å². The second kappa shape index (κ2) is 7.34. The maximum absolute atomic E-state index is 12.2. The van der Waals surface area contributed by atoms with Crippen LogP contribution in [0.15, 0.2) is 53.5 Å². The molecule has 2 aromatic rings. The molecule has 0 saturated heterocycles. The maximum Gasteiger partial charge on any atom is 0.313 e. The van der Waals surface area contributed by atoms with Crippen LogP contribution < -0.4 is 16.2 Å². The van der Waals surface area contributed by atoms with Crippen molar-refractivity contribution in [3.63, 3.8) is 0 Å². The summed E-state index contributed by atoms with van der Waals surface area (Å²) in [5.41, 5.74) is 0.390. The molecule has 0 fully saturated rings. The van der Waals surface area contributed by atoms with E-state index in [0.717, 1.165) is 5.56 Å². The molecule has 6 heteroatoms. The molecule has 0 saturated carbocycles. The number of aromatic nitrogens is 1. The van der Waals surface area contributed by atoms with E-state index in [2.05, 4.69) is 10.6 Å². The van der Waals surface area contributed by atoms with Crippen LogP contribution in [0.3, 0.4) is 0 Å². The van der Waals surface area contributed by atoms with Crippen molar-refractivity contribution in [2.45, 2.75) is 32.2 Å². The molecule has 0 aliphatic carbocycles. The Balaban J connectivity index is 2.07. The number of carbonyl (C=O) groups excluding carboxylic acids is 2. The molecule has 0 spiro atoms. The highest BCUT2D eigenvalue weighted by atomic mass is 16.2. The van der Waals surface area contributed by atoms with Gasteiger partial charge in [0, 0.05) is 24.7 Å². The fraction of sp³-hybridized carbons (Fsp3) is 0.316. The highest BCUT2D eigenvalue weighted by Gasteiger charge is 2.30. The molecule has 6 nitrogen and oxygen atoms in total. The Labute approximate surface area is 146 Å². The molecular formula is C19H23N3O3. The van der Waals surface area contributed by atoms with Crippen molar-refractivity contribution in [3.05, 3.63) is 64.6 Å². The SMILES string of the molecule is C[C@H](NC(=O)C(=O)Nc1cccn(C)c1=O)C(C)(C)c1ccccc1. The largest absolute Gasteiger partial charge is 0.344 e. The second-order valence-electron chi connectivity index (χ2n) is 6.57. The average molecular weight is 341 g/mol. The molecule has 1 aromatic heterocycles. The van der Waals surface area contributed by atoms with E-state index in [0.29, 0.717) is 0 Å². The summed E-state index contributed by atoms with van der Waals surface area (Å²) in [5, 5.41) is 5.08. The van der Waals surface area contributed by atoms with Crippen LogP contribution in [-0.2, 0) is 22.1 Å². The molecule has 2 rings (SSSR count). The minimum absolute atomic E-state index is 0.0696. The highest BCUT2D eigenvalue weighted by molar-refractivity contribution is 6.39. The Bertz CT molecular complexity index is 825. The molecule has 0 radical (unpaired) electrons.